The molecule has 19 heteroatoms. The van der Waals surface area contributed by atoms with Crippen LogP contribution in [-0.4, -0.2) is 96.7 Å². The second-order valence-electron chi connectivity index (χ2n) is 26.2. The maximum atomic E-state index is 13.0. The fourth-order valence-corrected chi connectivity index (χ4v) is 12.2. The van der Waals surface area contributed by atoms with E-state index in [-0.39, 0.29) is 25.7 Å². The lowest BCUT2D eigenvalue weighted by molar-refractivity contribution is -0.161. The number of carbonyl (C=O) groups is 4. The van der Waals surface area contributed by atoms with E-state index in [0.717, 1.165) is 108 Å². The number of esters is 4. The molecule has 0 aromatic rings. The molecule has 0 saturated carbocycles. The molecule has 0 spiro atoms. The standard InChI is InChI=1S/C70H136O17P2/c1-7-9-11-13-15-27-36-42-48-54-69(74)86-65(58-80-67(72)52-46-40-34-16-14-12-10-8-2)60-84-88(76,77)82-56-64(71)57-83-89(78,79)85-61-66(59-81-68(73)53-47-41-35-30-26-25-29-33-39-45-51-63(5)6)87-70(75)55-49-43-37-31-24-22-20-18-17-19-21-23-28-32-38-44-50-62(3)4/h62-66,71H,7-61H2,1-6H3,(H,76,77)(H,78,79)/t64-,65+,66+/m0/s1. The lowest BCUT2D eigenvalue weighted by Crippen LogP contribution is -2.30. The van der Waals surface area contributed by atoms with Crippen LogP contribution < -0.4 is 0 Å². The first kappa shape index (κ1) is 87.1. The Hall–Kier alpha value is -1.94. The van der Waals surface area contributed by atoms with Gasteiger partial charge in [-0.25, -0.2) is 9.13 Å². The molecule has 0 aromatic heterocycles. The predicted octanol–water partition coefficient (Wildman–Crippen LogP) is 20.0. The summed E-state index contributed by atoms with van der Waals surface area (Å²) in [6.45, 7) is 9.53. The summed E-state index contributed by atoms with van der Waals surface area (Å²) < 4.78 is 68.1. The molecule has 0 aliphatic carbocycles. The van der Waals surface area contributed by atoms with Crippen LogP contribution in [0.5, 0.6) is 0 Å². The highest BCUT2D eigenvalue weighted by molar-refractivity contribution is 7.47. The Labute approximate surface area is 543 Å². The summed E-state index contributed by atoms with van der Waals surface area (Å²) >= 11 is 0. The second-order valence-corrected chi connectivity index (χ2v) is 29.1. The largest absolute Gasteiger partial charge is 0.472 e. The van der Waals surface area contributed by atoms with Gasteiger partial charge in [-0.2, -0.15) is 0 Å². The van der Waals surface area contributed by atoms with Crippen LogP contribution in [0, 0.1) is 11.8 Å². The summed E-state index contributed by atoms with van der Waals surface area (Å²) in [6, 6.07) is 0. The van der Waals surface area contributed by atoms with Gasteiger partial charge < -0.3 is 33.8 Å². The minimum absolute atomic E-state index is 0.106. The van der Waals surface area contributed by atoms with Crippen molar-refractivity contribution >= 4 is 39.5 Å². The van der Waals surface area contributed by atoms with Crippen LogP contribution in [-0.2, 0) is 65.4 Å². The van der Waals surface area contributed by atoms with Crippen molar-refractivity contribution in [3.8, 4) is 0 Å². The molecular weight excluding hydrogens is 1170 g/mol. The monoisotopic (exact) mass is 1310 g/mol. The summed E-state index contributed by atoms with van der Waals surface area (Å²) in [4.78, 5) is 72.4. The number of unbranched alkanes of at least 4 members (excludes halogenated alkanes) is 39. The fraction of sp³-hybridized carbons (Fsp3) is 0.943. The molecule has 0 saturated heterocycles. The van der Waals surface area contributed by atoms with Gasteiger partial charge in [-0.15, -0.1) is 0 Å². The van der Waals surface area contributed by atoms with E-state index in [1.165, 1.54) is 167 Å². The number of phosphoric acid groups is 2. The molecule has 2 unspecified atom stereocenters. The third-order valence-electron chi connectivity index (χ3n) is 16.2. The number of hydrogen-bond donors (Lipinski definition) is 3. The van der Waals surface area contributed by atoms with Gasteiger partial charge in [0.1, 0.15) is 19.3 Å². The highest BCUT2D eigenvalue weighted by Crippen LogP contribution is 2.45. The van der Waals surface area contributed by atoms with E-state index >= 15 is 0 Å². The number of rotatable bonds is 69. The van der Waals surface area contributed by atoms with Crippen molar-refractivity contribution in [3.05, 3.63) is 0 Å². The average molecular weight is 1310 g/mol. The molecule has 3 N–H and O–H groups in total. The van der Waals surface area contributed by atoms with E-state index in [1.54, 1.807) is 0 Å². The van der Waals surface area contributed by atoms with Crippen LogP contribution >= 0.6 is 15.6 Å². The third kappa shape index (κ3) is 64.6. The van der Waals surface area contributed by atoms with Crippen molar-refractivity contribution in [2.45, 2.75) is 374 Å². The van der Waals surface area contributed by atoms with Crippen LogP contribution in [0.2, 0.25) is 0 Å². The maximum absolute atomic E-state index is 13.0. The predicted molar refractivity (Wildman–Crippen MR) is 358 cm³/mol. The number of aliphatic hydroxyl groups is 1. The zero-order valence-corrected chi connectivity index (χ0v) is 59.5. The first-order valence-corrected chi connectivity index (χ1v) is 39.5. The van der Waals surface area contributed by atoms with Gasteiger partial charge in [0.25, 0.3) is 0 Å². The average Bonchev–Trinajstić information content (AvgIpc) is 3.61. The first-order valence-electron chi connectivity index (χ1n) is 36.5. The van der Waals surface area contributed by atoms with E-state index < -0.39 is 97.5 Å². The molecule has 89 heavy (non-hydrogen) atoms. The van der Waals surface area contributed by atoms with Crippen molar-refractivity contribution in [2.75, 3.05) is 39.6 Å². The van der Waals surface area contributed by atoms with Gasteiger partial charge >= 0.3 is 39.5 Å². The Morgan fingerprint density at radius 1 is 0.303 bits per heavy atom. The molecule has 528 valence electrons. The molecule has 0 rings (SSSR count). The number of ether oxygens (including phenoxy) is 4. The van der Waals surface area contributed by atoms with Gasteiger partial charge in [0.2, 0.25) is 0 Å². The van der Waals surface area contributed by atoms with Gasteiger partial charge in [-0.05, 0) is 37.5 Å². The Kier molecular flexibility index (Phi) is 60.8. The molecule has 0 aromatic carbocycles. The smallest absolute Gasteiger partial charge is 0.462 e. The zero-order chi connectivity index (χ0) is 65.7. The van der Waals surface area contributed by atoms with E-state index in [0.29, 0.717) is 25.7 Å². The van der Waals surface area contributed by atoms with Gasteiger partial charge in [-0.3, -0.25) is 37.3 Å². The van der Waals surface area contributed by atoms with Crippen molar-refractivity contribution < 1.29 is 80.2 Å². The quantitative estimate of drug-likeness (QED) is 0.0222. The molecule has 5 atom stereocenters. The van der Waals surface area contributed by atoms with Crippen LogP contribution in [0.15, 0.2) is 0 Å². The van der Waals surface area contributed by atoms with Crippen molar-refractivity contribution in [1.82, 2.24) is 0 Å². The Bertz CT molecular complexity index is 1730. The number of phosphoric ester groups is 2. The molecule has 0 amide bonds. The van der Waals surface area contributed by atoms with Gasteiger partial charge in [0.05, 0.1) is 26.4 Å². The van der Waals surface area contributed by atoms with Gasteiger partial charge in [0, 0.05) is 25.7 Å². The SMILES string of the molecule is CCCCCCCCCCCC(=O)O[C@H](COC(=O)CCCCCCCCCC)COP(=O)(O)OC[C@H](O)COP(=O)(O)OC[C@@H](COC(=O)CCCCCCCCCCCCC(C)C)OC(=O)CCCCCCCCCCCCCCCCCCC(C)C. The molecule has 0 bridgehead atoms. The van der Waals surface area contributed by atoms with Gasteiger partial charge in [0.15, 0.2) is 12.2 Å². The fourth-order valence-electron chi connectivity index (χ4n) is 10.6. The lowest BCUT2D eigenvalue weighted by atomic mass is 10.0. The minimum Gasteiger partial charge on any atom is -0.462 e. The number of aliphatic hydroxyl groups excluding tert-OH is 1. The van der Waals surface area contributed by atoms with Crippen LogP contribution in [0.4, 0.5) is 0 Å². The molecular formula is C70H136O17P2. The summed E-state index contributed by atoms with van der Waals surface area (Å²) in [7, 11) is -9.89. The van der Waals surface area contributed by atoms with Crippen molar-refractivity contribution in [1.29, 1.82) is 0 Å². The van der Waals surface area contributed by atoms with Crippen LogP contribution in [0.1, 0.15) is 356 Å². The van der Waals surface area contributed by atoms with E-state index in [2.05, 4.69) is 41.5 Å². The molecule has 0 fully saturated rings. The lowest BCUT2D eigenvalue weighted by Gasteiger charge is -2.21. The topological polar surface area (TPSA) is 237 Å². The highest BCUT2D eigenvalue weighted by Gasteiger charge is 2.30. The Morgan fingerprint density at radius 3 is 0.764 bits per heavy atom. The van der Waals surface area contributed by atoms with Crippen molar-refractivity contribution in [2.24, 2.45) is 11.8 Å². The number of carbonyl (C=O) groups excluding carboxylic acids is 4. The van der Waals surface area contributed by atoms with Crippen LogP contribution in [0.25, 0.3) is 0 Å². The summed E-state index contributed by atoms with van der Waals surface area (Å²) in [6.07, 6.45) is 47.3. The zero-order valence-electron chi connectivity index (χ0n) is 57.7. The van der Waals surface area contributed by atoms with E-state index in [4.69, 9.17) is 37.0 Å². The first-order chi connectivity index (χ1) is 42.9. The molecule has 0 radical (unpaired) electrons. The second kappa shape index (κ2) is 62.2. The van der Waals surface area contributed by atoms with E-state index in [1.807, 2.05) is 0 Å². The summed E-state index contributed by atoms with van der Waals surface area (Å²) in [5, 5.41) is 10.6. The summed E-state index contributed by atoms with van der Waals surface area (Å²) in [5.41, 5.74) is 0. The third-order valence-corrected chi connectivity index (χ3v) is 18.1. The Balaban J connectivity index is 5.18. The molecule has 17 nitrogen and oxygen atoms in total. The minimum atomic E-state index is -4.95. The highest BCUT2D eigenvalue weighted by atomic mass is 31.2. The molecule has 0 aliphatic rings. The molecule has 0 aliphatic heterocycles. The summed E-state index contributed by atoms with van der Waals surface area (Å²) in [5.74, 6) is -0.560. The normalized spacial score (nSPS) is 14.1. The number of hydrogen-bond acceptors (Lipinski definition) is 15. The molecule has 0 heterocycles. The van der Waals surface area contributed by atoms with Gasteiger partial charge in [-0.1, -0.05) is 305 Å². The van der Waals surface area contributed by atoms with E-state index in [9.17, 15) is 43.2 Å². The maximum Gasteiger partial charge on any atom is 0.472 e. The van der Waals surface area contributed by atoms with Crippen LogP contribution in [0.3, 0.4) is 0 Å². The van der Waals surface area contributed by atoms with Crippen molar-refractivity contribution in [3.63, 3.8) is 0 Å². The Morgan fingerprint density at radius 2 is 0.517 bits per heavy atom.